The first-order valence-electron chi connectivity index (χ1n) is 9.71. The molecule has 0 atom stereocenters. The highest BCUT2D eigenvalue weighted by molar-refractivity contribution is 5.84. The zero-order valence-electron chi connectivity index (χ0n) is 16.9. The van der Waals surface area contributed by atoms with Gasteiger partial charge in [-0.05, 0) is 51.7 Å². The molecule has 2 aromatic rings. The van der Waals surface area contributed by atoms with Gasteiger partial charge in [0.05, 0.1) is 13.1 Å². The van der Waals surface area contributed by atoms with E-state index in [-0.39, 0.29) is 18.0 Å². The number of nitrogens with zero attached hydrogens (tertiary/aromatic N) is 5. The maximum Gasteiger partial charge on any atom is 0.239 e. The van der Waals surface area contributed by atoms with E-state index in [0.29, 0.717) is 12.4 Å². The summed E-state index contributed by atoms with van der Waals surface area (Å²) in [5.74, 6) is 1.43. The van der Waals surface area contributed by atoms with Gasteiger partial charge in [-0.2, -0.15) is 0 Å². The number of pyridine rings is 1. The number of hydrogen-bond donors (Lipinski definition) is 1. The van der Waals surface area contributed by atoms with Crippen molar-refractivity contribution in [1.82, 2.24) is 20.3 Å². The van der Waals surface area contributed by atoms with Crippen molar-refractivity contribution >= 4 is 17.9 Å². The zero-order valence-corrected chi connectivity index (χ0v) is 16.9. The largest absolute Gasteiger partial charge is 0.350 e. The molecule has 0 bridgehead atoms. The van der Waals surface area contributed by atoms with E-state index < -0.39 is 0 Å². The van der Waals surface area contributed by atoms with Crippen LogP contribution in [0.2, 0.25) is 0 Å². The second-order valence-electron chi connectivity index (χ2n) is 8.54. The van der Waals surface area contributed by atoms with Gasteiger partial charge in [0.2, 0.25) is 5.91 Å². The molecular formula is C21H26N6O. The number of nitrogens with one attached hydrogen (secondary N) is 1. The van der Waals surface area contributed by atoms with Gasteiger partial charge in [-0.1, -0.05) is 0 Å². The van der Waals surface area contributed by atoms with E-state index in [4.69, 9.17) is 9.97 Å². The number of fused-ring (bicyclic) bond motifs is 2. The molecule has 0 radical (unpaired) electrons. The Labute approximate surface area is 165 Å². The number of anilines is 1. The summed E-state index contributed by atoms with van der Waals surface area (Å²) in [6, 6.07) is 2.02. The Bertz CT molecular complexity index is 960. The number of carbonyl (C=O) groups excluding carboxylic acids is 1. The Balaban J connectivity index is 1.65. The summed E-state index contributed by atoms with van der Waals surface area (Å²) in [5.41, 5.74) is 4.93. The Morgan fingerprint density at radius 3 is 2.86 bits per heavy atom. The standard InChI is InChI=1S/C21H26N6O/c1-21(2,3)26-18(28)12-27(4)20-15-6-5-7-16(15)24-19(25-20)17-8-13-9-22-10-14(13)11-23-17/h8,10-11H,5-7,9,12H2,1-4H3,(H,26,28). The van der Waals surface area contributed by atoms with Crippen LogP contribution < -0.4 is 10.2 Å². The summed E-state index contributed by atoms with van der Waals surface area (Å²) in [5, 5.41) is 3.01. The van der Waals surface area contributed by atoms with Gasteiger partial charge in [0.1, 0.15) is 11.5 Å². The molecule has 0 fully saturated rings. The molecule has 1 amide bonds. The maximum atomic E-state index is 12.4. The Morgan fingerprint density at radius 2 is 2.07 bits per heavy atom. The van der Waals surface area contributed by atoms with Crippen molar-refractivity contribution in [2.75, 3.05) is 18.5 Å². The predicted molar refractivity (Wildman–Crippen MR) is 110 cm³/mol. The molecule has 0 unspecified atom stereocenters. The zero-order chi connectivity index (χ0) is 19.9. The van der Waals surface area contributed by atoms with E-state index in [1.54, 1.807) is 0 Å². The summed E-state index contributed by atoms with van der Waals surface area (Å²) in [6.07, 6.45) is 6.63. The van der Waals surface area contributed by atoms with Crippen LogP contribution in [0, 0.1) is 0 Å². The third-order valence-electron chi connectivity index (χ3n) is 4.91. The van der Waals surface area contributed by atoms with E-state index in [1.807, 2.05) is 51.2 Å². The lowest BCUT2D eigenvalue weighted by molar-refractivity contribution is -0.121. The van der Waals surface area contributed by atoms with Gasteiger partial charge in [-0.3, -0.25) is 14.8 Å². The fourth-order valence-corrected chi connectivity index (χ4v) is 3.72. The van der Waals surface area contributed by atoms with E-state index in [1.165, 1.54) is 0 Å². The molecule has 7 heteroatoms. The second-order valence-corrected chi connectivity index (χ2v) is 8.54. The summed E-state index contributed by atoms with van der Waals surface area (Å²) >= 11 is 0. The molecule has 0 saturated carbocycles. The molecule has 1 N–H and O–H groups in total. The van der Waals surface area contributed by atoms with Gasteiger partial charge < -0.3 is 10.2 Å². The molecule has 0 aromatic carbocycles. The van der Waals surface area contributed by atoms with Crippen molar-refractivity contribution in [3.05, 3.63) is 34.6 Å². The Hall–Kier alpha value is -2.83. The molecule has 28 heavy (non-hydrogen) atoms. The van der Waals surface area contributed by atoms with Crippen LogP contribution in [0.1, 0.15) is 49.6 Å². The third-order valence-corrected chi connectivity index (χ3v) is 4.91. The highest BCUT2D eigenvalue weighted by Gasteiger charge is 2.24. The lowest BCUT2D eigenvalue weighted by atomic mass is 10.1. The van der Waals surface area contributed by atoms with Crippen LogP contribution in [0.3, 0.4) is 0 Å². The number of aromatic nitrogens is 3. The monoisotopic (exact) mass is 378 g/mol. The normalized spacial score (nSPS) is 14.7. The molecular weight excluding hydrogens is 352 g/mol. The van der Waals surface area contributed by atoms with Crippen LogP contribution >= 0.6 is 0 Å². The van der Waals surface area contributed by atoms with Crippen molar-refractivity contribution in [1.29, 1.82) is 0 Å². The molecule has 4 rings (SSSR count). The topological polar surface area (TPSA) is 83.4 Å². The second kappa shape index (κ2) is 6.96. The predicted octanol–water partition coefficient (Wildman–Crippen LogP) is 2.31. The number of likely N-dealkylation sites (N-methyl/N-ethyl adjacent to an activating group) is 1. The van der Waals surface area contributed by atoms with Crippen LogP contribution in [0.25, 0.3) is 11.5 Å². The first kappa shape index (κ1) is 18.5. The molecule has 146 valence electrons. The van der Waals surface area contributed by atoms with Gasteiger partial charge in [0.25, 0.3) is 0 Å². The van der Waals surface area contributed by atoms with Crippen LogP contribution in [0.4, 0.5) is 5.82 Å². The molecule has 1 aliphatic heterocycles. The van der Waals surface area contributed by atoms with Gasteiger partial charge >= 0.3 is 0 Å². The van der Waals surface area contributed by atoms with Gasteiger partial charge in [0, 0.05) is 41.8 Å². The molecule has 2 aromatic heterocycles. The SMILES string of the molecule is CN(CC(=O)NC(C)(C)C)c1nc(-c2cc3c(cn2)C=NC3)nc2c1CCC2. The molecule has 7 nitrogen and oxygen atoms in total. The lowest BCUT2D eigenvalue weighted by Crippen LogP contribution is -2.45. The highest BCUT2D eigenvalue weighted by Crippen LogP contribution is 2.31. The number of hydrogen-bond acceptors (Lipinski definition) is 6. The van der Waals surface area contributed by atoms with Crippen molar-refractivity contribution < 1.29 is 4.79 Å². The fourth-order valence-electron chi connectivity index (χ4n) is 3.72. The average Bonchev–Trinajstić information content (AvgIpc) is 3.27. The van der Waals surface area contributed by atoms with Crippen LogP contribution in [-0.4, -0.2) is 46.2 Å². The third kappa shape index (κ3) is 3.74. The quantitative estimate of drug-likeness (QED) is 0.883. The first-order chi connectivity index (χ1) is 13.3. The van der Waals surface area contributed by atoms with E-state index in [2.05, 4.69) is 15.3 Å². The molecule has 0 spiro atoms. The average molecular weight is 378 g/mol. The van der Waals surface area contributed by atoms with Gasteiger partial charge in [0.15, 0.2) is 5.82 Å². The van der Waals surface area contributed by atoms with E-state index >= 15 is 0 Å². The highest BCUT2D eigenvalue weighted by atomic mass is 16.2. The molecule has 0 saturated heterocycles. The summed E-state index contributed by atoms with van der Waals surface area (Å²) in [7, 11) is 1.91. The number of aryl methyl sites for hydroxylation is 1. The number of rotatable bonds is 4. The minimum absolute atomic E-state index is 0.0188. The Kier molecular flexibility index (Phi) is 4.61. The molecule has 2 aliphatic rings. The number of amides is 1. The Morgan fingerprint density at radius 1 is 1.25 bits per heavy atom. The first-order valence-corrected chi connectivity index (χ1v) is 9.71. The summed E-state index contributed by atoms with van der Waals surface area (Å²) in [6.45, 7) is 6.87. The minimum atomic E-state index is -0.257. The van der Waals surface area contributed by atoms with Crippen molar-refractivity contribution in [2.24, 2.45) is 4.99 Å². The fraction of sp³-hybridized carbons (Fsp3) is 0.476. The molecule has 3 heterocycles. The van der Waals surface area contributed by atoms with Crippen LogP contribution in [0.15, 0.2) is 17.3 Å². The minimum Gasteiger partial charge on any atom is -0.350 e. The van der Waals surface area contributed by atoms with E-state index in [0.717, 1.165) is 53.2 Å². The van der Waals surface area contributed by atoms with Crippen molar-refractivity contribution in [2.45, 2.75) is 52.1 Å². The smallest absolute Gasteiger partial charge is 0.239 e. The summed E-state index contributed by atoms with van der Waals surface area (Å²) < 4.78 is 0. The molecule has 1 aliphatic carbocycles. The van der Waals surface area contributed by atoms with Crippen LogP contribution in [-0.2, 0) is 24.2 Å². The van der Waals surface area contributed by atoms with Gasteiger partial charge in [-0.15, -0.1) is 0 Å². The number of carbonyl (C=O) groups is 1. The maximum absolute atomic E-state index is 12.4. The summed E-state index contributed by atoms with van der Waals surface area (Å²) in [4.78, 5) is 32.8. The van der Waals surface area contributed by atoms with E-state index in [9.17, 15) is 4.79 Å². The lowest BCUT2D eigenvalue weighted by Gasteiger charge is -2.25. The number of aliphatic imine (C=N–C) groups is 1. The van der Waals surface area contributed by atoms with Crippen molar-refractivity contribution in [3.8, 4) is 11.5 Å². The van der Waals surface area contributed by atoms with Crippen LogP contribution in [0.5, 0.6) is 0 Å². The van der Waals surface area contributed by atoms with Gasteiger partial charge in [-0.25, -0.2) is 9.97 Å². The van der Waals surface area contributed by atoms with Crippen molar-refractivity contribution in [3.63, 3.8) is 0 Å².